The van der Waals surface area contributed by atoms with Gasteiger partial charge in [-0.3, -0.25) is 4.79 Å². The van der Waals surface area contributed by atoms with Crippen LogP contribution >= 0.6 is 0 Å². The number of carboxylic acids is 1. The summed E-state index contributed by atoms with van der Waals surface area (Å²) < 4.78 is 0. The summed E-state index contributed by atoms with van der Waals surface area (Å²) in [5, 5.41) is 8.51. The Balaban J connectivity index is 2.99. The first-order valence-corrected chi connectivity index (χ1v) is 3.26. The number of rotatable bonds is 1. The van der Waals surface area contributed by atoms with E-state index in [1.807, 2.05) is 0 Å². The number of allylic oxidation sites excluding steroid dienone is 3. The summed E-state index contributed by atoms with van der Waals surface area (Å²) in [5.74, 6) is -1.45. The number of Topliss-reactive ketones (excluding diaryl/α,β-unsaturated/α-hetero) is 1. The summed E-state index contributed by atoms with van der Waals surface area (Å²) in [7, 11) is 0. The Morgan fingerprint density at radius 3 is 2.73 bits per heavy atom. The van der Waals surface area contributed by atoms with E-state index >= 15 is 0 Å². The van der Waals surface area contributed by atoms with Gasteiger partial charge in [-0.15, -0.1) is 0 Å². The molecular weight excluding hydrogens is 144 g/mol. The number of aliphatic carboxylic acids is 1. The van der Waals surface area contributed by atoms with Crippen LogP contribution in [0.1, 0.15) is 13.3 Å². The quantitative estimate of drug-likeness (QED) is 0.568. The molecule has 0 heterocycles. The van der Waals surface area contributed by atoms with Crippen LogP contribution in [0.3, 0.4) is 0 Å². The Morgan fingerprint density at radius 1 is 1.64 bits per heavy atom. The van der Waals surface area contributed by atoms with Crippen molar-refractivity contribution in [2.24, 2.45) is 0 Å². The maximum absolute atomic E-state index is 10.9. The molecule has 0 aliphatic heterocycles. The van der Waals surface area contributed by atoms with Crippen molar-refractivity contribution in [2.45, 2.75) is 13.3 Å². The first-order chi connectivity index (χ1) is 5.11. The first kappa shape index (κ1) is 7.72. The molecule has 3 heteroatoms. The third-order valence-electron chi connectivity index (χ3n) is 1.51. The number of carbonyl (C=O) groups excluding carboxylic acids is 1. The van der Waals surface area contributed by atoms with Crippen molar-refractivity contribution in [3.63, 3.8) is 0 Å². The second-order valence-electron chi connectivity index (χ2n) is 2.44. The zero-order valence-electron chi connectivity index (χ0n) is 6.13. The van der Waals surface area contributed by atoms with Crippen LogP contribution in [0.15, 0.2) is 23.3 Å². The van der Waals surface area contributed by atoms with Crippen molar-refractivity contribution in [1.82, 2.24) is 0 Å². The van der Waals surface area contributed by atoms with Crippen LogP contribution in [0.2, 0.25) is 0 Å². The lowest BCUT2D eigenvalue weighted by atomic mass is 9.99. The molecule has 11 heavy (non-hydrogen) atoms. The van der Waals surface area contributed by atoms with Crippen LogP contribution < -0.4 is 0 Å². The normalized spacial score (nSPS) is 17.4. The van der Waals surface area contributed by atoms with Gasteiger partial charge < -0.3 is 5.11 Å². The molecule has 0 spiro atoms. The highest BCUT2D eigenvalue weighted by Gasteiger charge is 2.18. The fourth-order valence-corrected chi connectivity index (χ4v) is 0.912. The van der Waals surface area contributed by atoms with Crippen molar-refractivity contribution < 1.29 is 14.7 Å². The minimum absolute atomic E-state index is 0.106. The molecule has 0 unspecified atom stereocenters. The van der Waals surface area contributed by atoms with Gasteiger partial charge in [0, 0.05) is 6.42 Å². The maximum atomic E-state index is 10.9. The van der Waals surface area contributed by atoms with Crippen molar-refractivity contribution in [1.29, 1.82) is 0 Å². The monoisotopic (exact) mass is 152 g/mol. The van der Waals surface area contributed by atoms with Crippen molar-refractivity contribution >= 4 is 11.8 Å². The highest BCUT2D eigenvalue weighted by atomic mass is 16.4. The molecule has 0 saturated carbocycles. The van der Waals surface area contributed by atoms with Gasteiger partial charge in [0.15, 0.2) is 5.78 Å². The van der Waals surface area contributed by atoms with Gasteiger partial charge in [0.25, 0.3) is 0 Å². The minimum atomic E-state index is -1.14. The molecule has 0 aromatic heterocycles. The van der Waals surface area contributed by atoms with Crippen LogP contribution in [0.25, 0.3) is 0 Å². The lowest BCUT2D eigenvalue weighted by molar-refractivity contribution is -0.134. The second-order valence-corrected chi connectivity index (χ2v) is 2.44. The van der Waals surface area contributed by atoms with Gasteiger partial charge >= 0.3 is 5.97 Å². The van der Waals surface area contributed by atoms with E-state index in [9.17, 15) is 9.59 Å². The van der Waals surface area contributed by atoms with Gasteiger partial charge in [-0.2, -0.15) is 0 Å². The lowest BCUT2D eigenvalue weighted by Gasteiger charge is -2.05. The summed E-state index contributed by atoms with van der Waals surface area (Å²) in [5.41, 5.74) is 0.729. The molecule has 0 aromatic carbocycles. The third kappa shape index (κ3) is 1.55. The minimum Gasteiger partial charge on any atom is -0.478 e. The topological polar surface area (TPSA) is 54.4 Å². The maximum Gasteiger partial charge on any atom is 0.339 e. The molecule has 0 fully saturated rings. The van der Waals surface area contributed by atoms with Crippen LogP contribution in [0, 0.1) is 0 Å². The molecule has 0 atom stereocenters. The van der Waals surface area contributed by atoms with Gasteiger partial charge in [-0.05, 0) is 13.0 Å². The molecule has 1 aliphatic carbocycles. The average molecular weight is 152 g/mol. The summed E-state index contributed by atoms with van der Waals surface area (Å²) in [6.45, 7) is 1.77. The van der Waals surface area contributed by atoms with E-state index in [4.69, 9.17) is 5.11 Å². The molecule has 1 N–H and O–H groups in total. The zero-order chi connectivity index (χ0) is 8.43. The number of hydrogen-bond donors (Lipinski definition) is 1. The van der Waals surface area contributed by atoms with Gasteiger partial charge in [-0.25, -0.2) is 4.79 Å². The Kier molecular flexibility index (Phi) is 1.89. The van der Waals surface area contributed by atoms with E-state index < -0.39 is 5.97 Å². The number of ketones is 1. The van der Waals surface area contributed by atoms with Gasteiger partial charge in [0.05, 0.1) is 0 Å². The van der Waals surface area contributed by atoms with Gasteiger partial charge in [0.1, 0.15) is 5.57 Å². The van der Waals surface area contributed by atoms with Crippen LogP contribution in [-0.4, -0.2) is 16.9 Å². The predicted molar refractivity (Wildman–Crippen MR) is 39.1 cm³/mol. The van der Waals surface area contributed by atoms with E-state index in [0.717, 1.165) is 5.57 Å². The van der Waals surface area contributed by atoms with Crippen LogP contribution in [0.4, 0.5) is 0 Å². The van der Waals surface area contributed by atoms with Crippen LogP contribution in [0.5, 0.6) is 0 Å². The Morgan fingerprint density at radius 2 is 2.27 bits per heavy atom. The van der Waals surface area contributed by atoms with Crippen molar-refractivity contribution in [2.75, 3.05) is 0 Å². The Bertz CT molecular complexity index is 271. The Labute approximate surface area is 64.0 Å². The van der Waals surface area contributed by atoms with E-state index in [2.05, 4.69) is 0 Å². The number of carboxylic acid groups (broad SMARTS) is 1. The molecule has 0 saturated heterocycles. The second kappa shape index (κ2) is 2.70. The van der Waals surface area contributed by atoms with E-state index in [1.54, 1.807) is 13.0 Å². The summed E-state index contributed by atoms with van der Waals surface area (Å²) >= 11 is 0. The predicted octanol–water partition coefficient (Wildman–Crippen LogP) is 0.916. The van der Waals surface area contributed by atoms with Crippen LogP contribution in [-0.2, 0) is 9.59 Å². The lowest BCUT2D eigenvalue weighted by Crippen LogP contribution is -2.14. The fourth-order valence-electron chi connectivity index (χ4n) is 0.912. The molecule has 0 bridgehead atoms. The molecule has 1 aliphatic rings. The number of hydrogen-bond acceptors (Lipinski definition) is 2. The molecule has 58 valence electrons. The zero-order valence-corrected chi connectivity index (χ0v) is 6.13. The molecular formula is C8H8O3. The van der Waals surface area contributed by atoms with E-state index in [0.29, 0.717) is 0 Å². The molecule has 0 aromatic rings. The summed E-state index contributed by atoms with van der Waals surface area (Å²) in [6.07, 6.45) is 3.33. The molecule has 1 rings (SSSR count). The van der Waals surface area contributed by atoms with Crippen molar-refractivity contribution in [3.8, 4) is 0 Å². The summed E-state index contributed by atoms with van der Waals surface area (Å²) in [4.78, 5) is 21.3. The first-order valence-electron chi connectivity index (χ1n) is 3.26. The molecule has 3 nitrogen and oxygen atoms in total. The highest BCUT2D eigenvalue weighted by Crippen LogP contribution is 2.13. The molecule has 0 radical (unpaired) electrons. The average Bonchev–Trinajstić information content (AvgIpc) is 1.94. The summed E-state index contributed by atoms with van der Waals surface area (Å²) in [6, 6.07) is 0. The van der Waals surface area contributed by atoms with E-state index in [-0.39, 0.29) is 17.8 Å². The Hall–Kier alpha value is -1.38. The third-order valence-corrected chi connectivity index (χ3v) is 1.51. The largest absolute Gasteiger partial charge is 0.478 e. The molecule has 0 amide bonds. The van der Waals surface area contributed by atoms with Gasteiger partial charge in [0.2, 0.25) is 0 Å². The smallest absolute Gasteiger partial charge is 0.339 e. The number of carbonyl (C=O) groups is 2. The standard InChI is InChI=1S/C8H8O3/c1-5-2-3-7(9)6(4-5)8(10)11/h2,4H,3H2,1H3,(H,10,11). The highest BCUT2D eigenvalue weighted by molar-refractivity contribution is 6.18. The fraction of sp³-hybridized carbons (Fsp3) is 0.250. The van der Waals surface area contributed by atoms with E-state index in [1.165, 1.54) is 6.08 Å². The SMILES string of the molecule is CC1=CCC(=O)C(C(=O)O)=C1. The van der Waals surface area contributed by atoms with Gasteiger partial charge in [-0.1, -0.05) is 11.6 Å². The van der Waals surface area contributed by atoms with Crippen molar-refractivity contribution in [3.05, 3.63) is 23.3 Å².